The Balaban J connectivity index is 0.00000243. The number of carbonyl (C=O) groups excluding carboxylic acids is 1. The summed E-state index contributed by atoms with van der Waals surface area (Å²) in [6.07, 6.45) is 2.41. The first-order valence-electron chi connectivity index (χ1n) is 8.41. The van der Waals surface area contributed by atoms with Crippen molar-refractivity contribution in [3.63, 3.8) is 0 Å². The van der Waals surface area contributed by atoms with Crippen LogP contribution in [-0.2, 0) is 11.2 Å². The summed E-state index contributed by atoms with van der Waals surface area (Å²) < 4.78 is 5.62. The smallest absolute Gasteiger partial charge is 0.237 e. The molecule has 0 fully saturated rings. The van der Waals surface area contributed by atoms with Gasteiger partial charge in [0.15, 0.2) is 0 Å². The SMILES string of the molecule is Cc1cccc(OCCNC(=O)[C@@H](N)Cc2c[nH]c3ccccc23)c1.Cl. The van der Waals surface area contributed by atoms with E-state index in [1.165, 1.54) is 0 Å². The van der Waals surface area contributed by atoms with Crippen molar-refractivity contribution in [2.45, 2.75) is 19.4 Å². The molecule has 0 aliphatic rings. The highest BCUT2D eigenvalue weighted by Gasteiger charge is 2.15. The Morgan fingerprint density at radius 2 is 2.04 bits per heavy atom. The number of nitrogens with one attached hydrogen (secondary N) is 2. The van der Waals surface area contributed by atoms with Gasteiger partial charge in [-0.25, -0.2) is 0 Å². The molecule has 1 amide bonds. The molecule has 5 nitrogen and oxygen atoms in total. The van der Waals surface area contributed by atoms with Crippen molar-refractivity contribution in [3.8, 4) is 5.75 Å². The number of hydrogen-bond acceptors (Lipinski definition) is 3. The average Bonchev–Trinajstić information content (AvgIpc) is 3.02. The maximum atomic E-state index is 12.2. The van der Waals surface area contributed by atoms with Crippen molar-refractivity contribution in [2.75, 3.05) is 13.2 Å². The van der Waals surface area contributed by atoms with Crippen LogP contribution in [0.1, 0.15) is 11.1 Å². The number of aryl methyl sites for hydroxylation is 1. The maximum absolute atomic E-state index is 12.2. The predicted octanol–water partition coefficient (Wildman–Crippen LogP) is 2.96. The summed E-state index contributed by atoms with van der Waals surface area (Å²) in [6.45, 7) is 2.85. The summed E-state index contributed by atoms with van der Waals surface area (Å²) >= 11 is 0. The molecule has 0 aliphatic heterocycles. The molecule has 4 N–H and O–H groups in total. The lowest BCUT2D eigenvalue weighted by Gasteiger charge is -2.12. The van der Waals surface area contributed by atoms with Crippen LogP contribution in [0.2, 0.25) is 0 Å². The van der Waals surface area contributed by atoms with Crippen molar-refractivity contribution < 1.29 is 9.53 Å². The summed E-state index contributed by atoms with van der Waals surface area (Å²) in [5, 5.41) is 3.93. The summed E-state index contributed by atoms with van der Waals surface area (Å²) in [7, 11) is 0. The third kappa shape index (κ3) is 5.00. The van der Waals surface area contributed by atoms with Gasteiger partial charge in [-0.05, 0) is 42.7 Å². The molecule has 3 aromatic rings. The average molecular weight is 374 g/mol. The van der Waals surface area contributed by atoms with Crippen LogP contribution in [0.3, 0.4) is 0 Å². The van der Waals surface area contributed by atoms with Crippen LogP contribution in [-0.4, -0.2) is 30.1 Å². The van der Waals surface area contributed by atoms with Gasteiger partial charge in [0.2, 0.25) is 5.91 Å². The highest BCUT2D eigenvalue weighted by atomic mass is 35.5. The number of aromatic nitrogens is 1. The van der Waals surface area contributed by atoms with Gasteiger partial charge < -0.3 is 20.8 Å². The van der Waals surface area contributed by atoms with Crippen LogP contribution < -0.4 is 15.8 Å². The molecule has 2 aromatic carbocycles. The van der Waals surface area contributed by atoms with Gasteiger partial charge in [-0.1, -0.05) is 30.3 Å². The van der Waals surface area contributed by atoms with Gasteiger partial charge in [0.1, 0.15) is 12.4 Å². The molecule has 0 bridgehead atoms. The zero-order valence-corrected chi connectivity index (χ0v) is 15.5. The molecule has 3 rings (SSSR count). The van der Waals surface area contributed by atoms with Crippen molar-refractivity contribution in [3.05, 3.63) is 65.9 Å². The van der Waals surface area contributed by atoms with Gasteiger partial charge in [-0.15, -0.1) is 12.4 Å². The molecule has 0 radical (unpaired) electrons. The van der Waals surface area contributed by atoms with Gasteiger partial charge in [0.05, 0.1) is 12.6 Å². The fraction of sp³-hybridized carbons (Fsp3) is 0.250. The number of H-pyrrole nitrogens is 1. The fourth-order valence-corrected chi connectivity index (χ4v) is 2.81. The summed E-state index contributed by atoms with van der Waals surface area (Å²) in [5.74, 6) is 0.635. The summed E-state index contributed by atoms with van der Waals surface area (Å²) in [6, 6.07) is 15.2. The molecule has 0 unspecified atom stereocenters. The fourth-order valence-electron chi connectivity index (χ4n) is 2.81. The zero-order valence-electron chi connectivity index (χ0n) is 14.7. The number of carbonyl (C=O) groups is 1. The van der Waals surface area contributed by atoms with Gasteiger partial charge in [0.25, 0.3) is 0 Å². The Bertz CT molecular complexity index is 863. The number of halogens is 1. The van der Waals surface area contributed by atoms with Crippen molar-refractivity contribution in [1.29, 1.82) is 0 Å². The number of nitrogens with two attached hydrogens (primary N) is 1. The van der Waals surface area contributed by atoms with E-state index >= 15 is 0 Å². The molecule has 138 valence electrons. The minimum absolute atomic E-state index is 0. The number of para-hydroxylation sites is 1. The van der Waals surface area contributed by atoms with E-state index in [2.05, 4.69) is 10.3 Å². The Hall–Kier alpha value is -2.50. The lowest BCUT2D eigenvalue weighted by atomic mass is 10.1. The number of hydrogen-bond donors (Lipinski definition) is 3. The van der Waals surface area contributed by atoms with Crippen molar-refractivity contribution in [1.82, 2.24) is 10.3 Å². The van der Waals surface area contributed by atoms with Crippen molar-refractivity contribution >= 4 is 29.2 Å². The van der Waals surface area contributed by atoms with E-state index in [1.54, 1.807) is 0 Å². The van der Waals surface area contributed by atoms with E-state index < -0.39 is 6.04 Å². The third-order valence-electron chi connectivity index (χ3n) is 4.11. The highest BCUT2D eigenvalue weighted by molar-refractivity contribution is 5.86. The summed E-state index contributed by atoms with van der Waals surface area (Å²) in [4.78, 5) is 15.4. The normalized spacial score (nSPS) is 11.6. The van der Waals surface area contributed by atoms with E-state index in [0.717, 1.165) is 27.8 Å². The number of amides is 1. The summed E-state index contributed by atoms with van der Waals surface area (Å²) in [5.41, 5.74) is 9.29. The van der Waals surface area contributed by atoms with Crippen LogP contribution in [0.5, 0.6) is 5.75 Å². The molecule has 1 heterocycles. The second-order valence-electron chi connectivity index (χ2n) is 6.13. The van der Waals surface area contributed by atoms with Crippen LogP contribution >= 0.6 is 12.4 Å². The van der Waals surface area contributed by atoms with E-state index in [9.17, 15) is 4.79 Å². The third-order valence-corrected chi connectivity index (χ3v) is 4.11. The van der Waals surface area contributed by atoms with E-state index in [-0.39, 0.29) is 18.3 Å². The van der Waals surface area contributed by atoms with Crippen LogP contribution in [0, 0.1) is 6.92 Å². The second kappa shape index (κ2) is 9.27. The first-order valence-corrected chi connectivity index (χ1v) is 8.41. The Kier molecular flexibility index (Phi) is 7.06. The Morgan fingerprint density at radius 3 is 2.85 bits per heavy atom. The molecule has 0 saturated carbocycles. The molecule has 1 atom stereocenters. The number of aromatic amines is 1. The monoisotopic (exact) mass is 373 g/mol. The van der Waals surface area contributed by atoms with Gasteiger partial charge in [-0.3, -0.25) is 4.79 Å². The first kappa shape index (κ1) is 19.8. The van der Waals surface area contributed by atoms with Gasteiger partial charge >= 0.3 is 0 Å². The number of fused-ring (bicyclic) bond motifs is 1. The zero-order chi connectivity index (χ0) is 17.6. The second-order valence-corrected chi connectivity index (χ2v) is 6.13. The highest BCUT2D eigenvalue weighted by Crippen LogP contribution is 2.18. The number of rotatable bonds is 7. The molecular formula is C20H24ClN3O2. The quantitative estimate of drug-likeness (QED) is 0.557. The van der Waals surface area contributed by atoms with Crippen LogP contribution in [0.4, 0.5) is 0 Å². The van der Waals surface area contributed by atoms with Gasteiger partial charge in [0, 0.05) is 17.1 Å². The Morgan fingerprint density at radius 1 is 1.23 bits per heavy atom. The standard InChI is InChI=1S/C20H23N3O2.ClH/c1-14-5-4-6-16(11-14)25-10-9-22-20(24)18(21)12-15-13-23-19-8-3-2-7-17(15)19;/h2-8,11,13,18,23H,9-10,12,21H2,1H3,(H,22,24);1H/t18-;/m0./s1. The molecule has 1 aromatic heterocycles. The largest absolute Gasteiger partial charge is 0.492 e. The Labute approximate surface area is 159 Å². The predicted molar refractivity (Wildman–Crippen MR) is 107 cm³/mol. The molecule has 0 spiro atoms. The molecule has 0 saturated heterocycles. The lowest BCUT2D eigenvalue weighted by molar-refractivity contribution is -0.122. The number of ether oxygens (including phenoxy) is 1. The van der Waals surface area contributed by atoms with Crippen LogP contribution in [0.15, 0.2) is 54.7 Å². The minimum atomic E-state index is -0.585. The van der Waals surface area contributed by atoms with E-state index in [4.69, 9.17) is 10.5 Å². The molecular weight excluding hydrogens is 350 g/mol. The first-order chi connectivity index (χ1) is 12.1. The molecule has 26 heavy (non-hydrogen) atoms. The van der Waals surface area contributed by atoms with E-state index in [1.807, 2.05) is 61.7 Å². The topological polar surface area (TPSA) is 80.1 Å². The molecule has 0 aliphatic carbocycles. The minimum Gasteiger partial charge on any atom is -0.492 e. The lowest BCUT2D eigenvalue weighted by Crippen LogP contribution is -2.43. The van der Waals surface area contributed by atoms with Crippen LogP contribution in [0.25, 0.3) is 10.9 Å². The number of benzene rings is 2. The maximum Gasteiger partial charge on any atom is 0.237 e. The van der Waals surface area contributed by atoms with Crippen molar-refractivity contribution in [2.24, 2.45) is 5.73 Å². The molecule has 6 heteroatoms. The van der Waals surface area contributed by atoms with Gasteiger partial charge in [-0.2, -0.15) is 0 Å². The van der Waals surface area contributed by atoms with E-state index in [0.29, 0.717) is 19.6 Å².